The molecule has 0 saturated carbocycles. The van der Waals surface area contributed by atoms with Crippen LogP contribution in [0.5, 0.6) is 5.75 Å². The third kappa shape index (κ3) is 4.95. The summed E-state index contributed by atoms with van der Waals surface area (Å²) in [6.07, 6.45) is 2.78. The van der Waals surface area contributed by atoms with Crippen molar-refractivity contribution in [1.29, 1.82) is 0 Å². The smallest absolute Gasteiger partial charge is 0.248 e. The van der Waals surface area contributed by atoms with Gasteiger partial charge in [0.05, 0.1) is 18.5 Å². The highest BCUT2D eigenvalue weighted by Crippen LogP contribution is 2.27. The fourth-order valence-electron chi connectivity index (χ4n) is 2.01. The Balaban J connectivity index is 2.16. The molecule has 0 unspecified atom stereocenters. The predicted octanol–water partition coefficient (Wildman–Crippen LogP) is 3.44. The van der Waals surface area contributed by atoms with Gasteiger partial charge in [0.2, 0.25) is 11.8 Å². The van der Waals surface area contributed by atoms with E-state index >= 15 is 0 Å². The fraction of sp³-hybridized carbons (Fsp3) is 0.111. The number of amides is 2. The Morgan fingerprint density at radius 1 is 1.08 bits per heavy atom. The van der Waals surface area contributed by atoms with Crippen LogP contribution >= 0.6 is 0 Å². The Morgan fingerprint density at radius 2 is 1.88 bits per heavy atom. The molecule has 2 rings (SSSR count). The summed E-state index contributed by atoms with van der Waals surface area (Å²) < 4.78 is 18.2. The second-order valence-corrected chi connectivity index (χ2v) is 4.97. The van der Waals surface area contributed by atoms with Gasteiger partial charge in [-0.15, -0.1) is 0 Å². The van der Waals surface area contributed by atoms with E-state index in [0.717, 1.165) is 0 Å². The molecule has 0 saturated heterocycles. The van der Waals surface area contributed by atoms with Crippen LogP contribution < -0.4 is 15.4 Å². The quantitative estimate of drug-likeness (QED) is 0.826. The molecule has 2 N–H and O–H groups in total. The molecule has 0 aromatic heterocycles. The first-order valence-corrected chi connectivity index (χ1v) is 7.18. The van der Waals surface area contributed by atoms with Crippen molar-refractivity contribution in [1.82, 2.24) is 0 Å². The lowest BCUT2D eigenvalue weighted by Crippen LogP contribution is -2.13. The second kappa shape index (κ2) is 7.92. The van der Waals surface area contributed by atoms with Crippen molar-refractivity contribution in [2.45, 2.75) is 6.92 Å². The summed E-state index contributed by atoms with van der Waals surface area (Å²) in [4.78, 5) is 23.3. The minimum Gasteiger partial charge on any atom is -0.497 e. The summed E-state index contributed by atoms with van der Waals surface area (Å²) in [7, 11) is 1.50. The molecule has 6 heteroatoms. The molecule has 0 aliphatic carbocycles. The molecule has 2 aromatic carbocycles. The van der Waals surface area contributed by atoms with Gasteiger partial charge in [0.25, 0.3) is 0 Å². The van der Waals surface area contributed by atoms with Gasteiger partial charge in [-0.05, 0) is 35.9 Å². The summed E-state index contributed by atoms with van der Waals surface area (Å²) in [5, 5.41) is 5.29. The number of carbonyl (C=O) groups is 2. The monoisotopic (exact) mass is 328 g/mol. The number of hydrogen-bond donors (Lipinski definition) is 2. The SMILES string of the molecule is COc1ccc(NC(C)=O)c(NC(=O)/C=C/c2cccc(F)c2)c1. The molecule has 0 bridgehead atoms. The van der Waals surface area contributed by atoms with Crippen LogP contribution in [0.15, 0.2) is 48.5 Å². The fourth-order valence-corrected chi connectivity index (χ4v) is 2.01. The number of halogens is 1. The zero-order valence-electron chi connectivity index (χ0n) is 13.3. The maximum atomic E-state index is 13.1. The van der Waals surface area contributed by atoms with E-state index in [4.69, 9.17) is 4.74 Å². The highest BCUT2D eigenvalue weighted by molar-refractivity contribution is 6.05. The van der Waals surface area contributed by atoms with E-state index in [-0.39, 0.29) is 11.7 Å². The number of ether oxygens (including phenoxy) is 1. The number of rotatable bonds is 5. The minimum atomic E-state index is -0.417. The van der Waals surface area contributed by atoms with Crippen LogP contribution in [0.25, 0.3) is 6.08 Å². The summed E-state index contributed by atoms with van der Waals surface area (Å²) >= 11 is 0. The summed E-state index contributed by atoms with van der Waals surface area (Å²) in [5.41, 5.74) is 1.42. The topological polar surface area (TPSA) is 67.4 Å². The van der Waals surface area contributed by atoms with Crippen LogP contribution in [0.2, 0.25) is 0 Å². The van der Waals surface area contributed by atoms with E-state index in [1.54, 1.807) is 30.3 Å². The highest BCUT2D eigenvalue weighted by atomic mass is 19.1. The number of methoxy groups -OCH3 is 1. The van der Waals surface area contributed by atoms with Gasteiger partial charge >= 0.3 is 0 Å². The van der Waals surface area contributed by atoms with E-state index in [9.17, 15) is 14.0 Å². The van der Waals surface area contributed by atoms with Crippen molar-refractivity contribution >= 4 is 29.3 Å². The normalized spacial score (nSPS) is 10.5. The summed E-state index contributed by atoms with van der Waals surface area (Å²) in [6, 6.07) is 10.8. The Hall–Kier alpha value is -3.15. The van der Waals surface area contributed by atoms with Crippen molar-refractivity contribution in [2.24, 2.45) is 0 Å². The van der Waals surface area contributed by atoms with Crippen LogP contribution in [0.1, 0.15) is 12.5 Å². The number of nitrogens with one attached hydrogen (secondary N) is 2. The third-order valence-electron chi connectivity index (χ3n) is 3.07. The maximum Gasteiger partial charge on any atom is 0.248 e. The number of benzene rings is 2. The van der Waals surface area contributed by atoms with Gasteiger partial charge in [-0.3, -0.25) is 9.59 Å². The molecule has 0 heterocycles. The lowest BCUT2D eigenvalue weighted by molar-refractivity contribution is -0.114. The van der Waals surface area contributed by atoms with Crippen molar-refractivity contribution in [3.8, 4) is 5.75 Å². The van der Waals surface area contributed by atoms with Gasteiger partial charge in [-0.2, -0.15) is 0 Å². The molecular formula is C18H17FN2O3. The average molecular weight is 328 g/mol. The van der Waals surface area contributed by atoms with Crippen LogP contribution in [-0.4, -0.2) is 18.9 Å². The average Bonchev–Trinajstić information content (AvgIpc) is 2.54. The molecule has 0 radical (unpaired) electrons. The zero-order valence-corrected chi connectivity index (χ0v) is 13.3. The molecule has 0 atom stereocenters. The first-order valence-electron chi connectivity index (χ1n) is 7.18. The minimum absolute atomic E-state index is 0.258. The van der Waals surface area contributed by atoms with Gasteiger partial charge in [-0.1, -0.05) is 12.1 Å². The predicted molar refractivity (Wildman–Crippen MR) is 91.4 cm³/mol. The van der Waals surface area contributed by atoms with E-state index in [1.807, 2.05) is 0 Å². The number of anilines is 2. The van der Waals surface area contributed by atoms with Crippen molar-refractivity contribution < 1.29 is 18.7 Å². The van der Waals surface area contributed by atoms with Crippen LogP contribution in [0.3, 0.4) is 0 Å². The molecule has 0 spiro atoms. The molecule has 2 aromatic rings. The van der Waals surface area contributed by atoms with Gasteiger partial charge in [0.15, 0.2) is 0 Å². The molecule has 0 aliphatic heterocycles. The zero-order chi connectivity index (χ0) is 17.5. The maximum absolute atomic E-state index is 13.1. The Labute approximate surface area is 139 Å². The molecular weight excluding hydrogens is 311 g/mol. The molecule has 0 fully saturated rings. The molecule has 5 nitrogen and oxygen atoms in total. The van der Waals surface area contributed by atoms with Gasteiger partial charge in [0.1, 0.15) is 11.6 Å². The Bertz CT molecular complexity index is 788. The largest absolute Gasteiger partial charge is 0.497 e. The van der Waals surface area contributed by atoms with Crippen LogP contribution in [-0.2, 0) is 9.59 Å². The van der Waals surface area contributed by atoms with Gasteiger partial charge in [0, 0.05) is 19.1 Å². The third-order valence-corrected chi connectivity index (χ3v) is 3.07. The highest BCUT2D eigenvalue weighted by Gasteiger charge is 2.08. The lowest BCUT2D eigenvalue weighted by Gasteiger charge is -2.12. The van der Waals surface area contributed by atoms with E-state index in [2.05, 4.69) is 10.6 Å². The number of carbonyl (C=O) groups excluding carboxylic acids is 2. The summed E-state index contributed by atoms with van der Waals surface area (Å²) in [5.74, 6) is -0.517. The van der Waals surface area contributed by atoms with Crippen LogP contribution in [0, 0.1) is 5.82 Å². The molecule has 24 heavy (non-hydrogen) atoms. The van der Waals surface area contributed by atoms with Crippen LogP contribution in [0.4, 0.5) is 15.8 Å². The summed E-state index contributed by atoms with van der Waals surface area (Å²) in [6.45, 7) is 1.37. The van der Waals surface area contributed by atoms with E-state index in [0.29, 0.717) is 22.7 Å². The van der Waals surface area contributed by atoms with Crippen molar-refractivity contribution in [3.63, 3.8) is 0 Å². The molecule has 0 aliphatic rings. The lowest BCUT2D eigenvalue weighted by atomic mass is 10.2. The molecule has 2 amide bonds. The Kier molecular flexibility index (Phi) is 5.68. The van der Waals surface area contributed by atoms with E-state index < -0.39 is 5.91 Å². The second-order valence-electron chi connectivity index (χ2n) is 4.97. The number of hydrogen-bond acceptors (Lipinski definition) is 3. The van der Waals surface area contributed by atoms with E-state index in [1.165, 1.54) is 38.3 Å². The van der Waals surface area contributed by atoms with Crippen molar-refractivity contribution in [3.05, 3.63) is 59.9 Å². The molecule has 124 valence electrons. The standard InChI is InChI=1S/C18H17FN2O3/c1-12(22)20-16-8-7-15(24-2)11-17(16)21-18(23)9-6-13-4-3-5-14(19)10-13/h3-11H,1-2H3,(H,20,22)(H,21,23)/b9-6+. The first-order chi connectivity index (χ1) is 11.5. The Morgan fingerprint density at radius 3 is 2.54 bits per heavy atom. The van der Waals surface area contributed by atoms with Gasteiger partial charge < -0.3 is 15.4 Å². The van der Waals surface area contributed by atoms with Gasteiger partial charge in [-0.25, -0.2) is 4.39 Å². The first kappa shape index (κ1) is 17.2. The van der Waals surface area contributed by atoms with Crippen molar-refractivity contribution in [2.75, 3.05) is 17.7 Å².